The fourth-order valence-corrected chi connectivity index (χ4v) is 2.90. The number of fused-ring (bicyclic) bond motifs is 1. The van der Waals surface area contributed by atoms with Crippen molar-refractivity contribution in [1.29, 1.82) is 0 Å². The Bertz CT molecular complexity index is 375. The standard InChI is InChI=1S/C16H23N.ClH/c1-3-7-15-14-9-6-5-8-13(14)10-11-16(15)17-12-4-2;/h3,5-6,8-9,15-17H,1,4,7,10-12H2,2H3;1H/t15-,16+;/m0./s1. The Labute approximate surface area is 117 Å². The molecule has 1 N–H and O–H groups in total. The highest BCUT2D eigenvalue weighted by Gasteiger charge is 2.27. The van der Waals surface area contributed by atoms with E-state index in [0.717, 1.165) is 13.0 Å². The maximum absolute atomic E-state index is 3.91. The van der Waals surface area contributed by atoms with Crippen LogP contribution in [0.5, 0.6) is 0 Å². The molecule has 0 bridgehead atoms. The molecule has 0 saturated carbocycles. The molecule has 0 radical (unpaired) electrons. The SMILES string of the molecule is C=CC[C@H]1c2ccccc2CC[C@H]1NCCC.Cl. The lowest BCUT2D eigenvalue weighted by molar-refractivity contribution is 0.388. The van der Waals surface area contributed by atoms with E-state index < -0.39 is 0 Å². The van der Waals surface area contributed by atoms with Crippen LogP contribution in [0.15, 0.2) is 36.9 Å². The average molecular weight is 266 g/mol. The van der Waals surface area contributed by atoms with Crippen molar-refractivity contribution < 1.29 is 0 Å². The van der Waals surface area contributed by atoms with Crippen LogP contribution in [-0.4, -0.2) is 12.6 Å². The van der Waals surface area contributed by atoms with Crippen molar-refractivity contribution in [2.45, 2.75) is 44.6 Å². The van der Waals surface area contributed by atoms with Gasteiger partial charge in [-0.2, -0.15) is 0 Å². The first-order valence-corrected chi connectivity index (χ1v) is 6.79. The van der Waals surface area contributed by atoms with E-state index in [0.29, 0.717) is 12.0 Å². The van der Waals surface area contributed by atoms with Gasteiger partial charge in [-0.25, -0.2) is 0 Å². The molecule has 0 spiro atoms. The van der Waals surface area contributed by atoms with E-state index >= 15 is 0 Å². The lowest BCUT2D eigenvalue weighted by Crippen LogP contribution is -2.38. The van der Waals surface area contributed by atoms with Crippen LogP contribution in [0, 0.1) is 0 Å². The molecule has 0 aliphatic heterocycles. The number of nitrogens with one attached hydrogen (secondary N) is 1. The van der Waals surface area contributed by atoms with Crippen molar-refractivity contribution in [3.8, 4) is 0 Å². The third-order valence-electron chi connectivity index (χ3n) is 3.74. The quantitative estimate of drug-likeness (QED) is 0.791. The van der Waals surface area contributed by atoms with Gasteiger partial charge in [-0.3, -0.25) is 0 Å². The number of hydrogen-bond acceptors (Lipinski definition) is 1. The zero-order valence-electron chi connectivity index (χ0n) is 11.2. The monoisotopic (exact) mass is 265 g/mol. The first-order chi connectivity index (χ1) is 8.36. The molecule has 18 heavy (non-hydrogen) atoms. The fourth-order valence-electron chi connectivity index (χ4n) is 2.90. The summed E-state index contributed by atoms with van der Waals surface area (Å²) in [5.74, 6) is 0.615. The van der Waals surface area contributed by atoms with Gasteiger partial charge in [0.2, 0.25) is 0 Å². The summed E-state index contributed by atoms with van der Waals surface area (Å²) >= 11 is 0. The first-order valence-electron chi connectivity index (χ1n) is 6.79. The molecule has 0 heterocycles. The number of rotatable bonds is 5. The first kappa shape index (κ1) is 15.3. The molecule has 1 aliphatic carbocycles. The molecule has 0 unspecified atom stereocenters. The molecule has 1 aromatic rings. The molecule has 0 fully saturated rings. The second kappa shape index (κ2) is 7.60. The minimum absolute atomic E-state index is 0. The highest BCUT2D eigenvalue weighted by atomic mass is 35.5. The summed E-state index contributed by atoms with van der Waals surface area (Å²) in [6.07, 6.45) is 6.82. The Morgan fingerprint density at radius 1 is 1.39 bits per heavy atom. The van der Waals surface area contributed by atoms with Crippen LogP contribution in [0.4, 0.5) is 0 Å². The van der Waals surface area contributed by atoms with Gasteiger partial charge < -0.3 is 5.32 Å². The molecular formula is C16H24ClN. The van der Waals surface area contributed by atoms with Crippen LogP contribution >= 0.6 is 12.4 Å². The highest BCUT2D eigenvalue weighted by molar-refractivity contribution is 5.85. The van der Waals surface area contributed by atoms with Crippen molar-refractivity contribution in [1.82, 2.24) is 5.32 Å². The minimum atomic E-state index is 0. The third kappa shape index (κ3) is 3.37. The summed E-state index contributed by atoms with van der Waals surface area (Å²) in [6.45, 7) is 7.27. The van der Waals surface area contributed by atoms with E-state index in [4.69, 9.17) is 0 Å². The maximum Gasteiger partial charge on any atom is 0.0142 e. The van der Waals surface area contributed by atoms with Crippen LogP contribution in [0.25, 0.3) is 0 Å². The largest absolute Gasteiger partial charge is 0.313 e. The molecule has 100 valence electrons. The number of halogens is 1. The molecule has 0 aromatic heterocycles. The molecule has 2 atom stereocenters. The summed E-state index contributed by atoms with van der Waals surface area (Å²) in [5.41, 5.74) is 3.07. The molecule has 2 rings (SSSR count). The molecule has 0 saturated heterocycles. The van der Waals surface area contributed by atoms with Gasteiger partial charge in [0.15, 0.2) is 0 Å². The van der Waals surface area contributed by atoms with Crippen molar-refractivity contribution in [2.75, 3.05) is 6.54 Å². The summed E-state index contributed by atoms with van der Waals surface area (Å²) in [7, 11) is 0. The van der Waals surface area contributed by atoms with Crippen LogP contribution in [0.2, 0.25) is 0 Å². The van der Waals surface area contributed by atoms with Gasteiger partial charge in [-0.05, 0) is 43.4 Å². The topological polar surface area (TPSA) is 12.0 Å². The molecule has 1 aromatic carbocycles. The molecular weight excluding hydrogens is 242 g/mol. The second-order valence-electron chi connectivity index (χ2n) is 4.93. The Morgan fingerprint density at radius 2 is 2.17 bits per heavy atom. The number of benzene rings is 1. The molecule has 1 aliphatic rings. The van der Waals surface area contributed by atoms with Crippen LogP contribution in [-0.2, 0) is 6.42 Å². The minimum Gasteiger partial charge on any atom is -0.313 e. The Kier molecular flexibility index (Phi) is 6.45. The summed E-state index contributed by atoms with van der Waals surface area (Å²) < 4.78 is 0. The number of aryl methyl sites for hydroxylation is 1. The van der Waals surface area contributed by atoms with Crippen molar-refractivity contribution >= 4 is 12.4 Å². The van der Waals surface area contributed by atoms with E-state index in [2.05, 4.69) is 49.2 Å². The highest BCUT2D eigenvalue weighted by Crippen LogP contribution is 2.34. The van der Waals surface area contributed by atoms with Crippen LogP contribution in [0.1, 0.15) is 43.2 Å². The third-order valence-corrected chi connectivity index (χ3v) is 3.74. The van der Waals surface area contributed by atoms with Gasteiger partial charge >= 0.3 is 0 Å². The predicted octanol–water partition coefficient (Wildman–Crippen LogP) is 4.08. The van der Waals surface area contributed by atoms with Crippen molar-refractivity contribution in [3.05, 3.63) is 48.0 Å². The van der Waals surface area contributed by atoms with Gasteiger partial charge in [-0.15, -0.1) is 19.0 Å². The lowest BCUT2D eigenvalue weighted by Gasteiger charge is -2.34. The predicted molar refractivity (Wildman–Crippen MR) is 81.6 cm³/mol. The maximum atomic E-state index is 3.91. The van der Waals surface area contributed by atoms with Gasteiger partial charge in [0, 0.05) is 12.0 Å². The number of allylic oxidation sites excluding steroid dienone is 1. The fraction of sp³-hybridized carbons (Fsp3) is 0.500. The van der Waals surface area contributed by atoms with E-state index in [1.54, 1.807) is 0 Å². The molecule has 1 nitrogen and oxygen atoms in total. The van der Waals surface area contributed by atoms with Gasteiger partial charge in [0.25, 0.3) is 0 Å². The van der Waals surface area contributed by atoms with E-state index in [1.165, 1.54) is 30.4 Å². The smallest absolute Gasteiger partial charge is 0.0142 e. The zero-order chi connectivity index (χ0) is 12.1. The Balaban J connectivity index is 0.00000162. The Hall–Kier alpha value is -0.790. The van der Waals surface area contributed by atoms with Gasteiger partial charge in [0.05, 0.1) is 0 Å². The van der Waals surface area contributed by atoms with Gasteiger partial charge in [-0.1, -0.05) is 37.3 Å². The average Bonchev–Trinajstić information content (AvgIpc) is 2.38. The van der Waals surface area contributed by atoms with Crippen molar-refractivity contribution in [2.24, 2.45) is 0 Å². The molecule has 0 amide bonds. The summed E-state index contributed by atoms with van der Waals surface area (Å²) in [4.78, 5) is 0. The van der Waals surface area contributed by atoms with Crippen LogP contribution in [0.3, 0.4) is 0 Å². The molecule has 2 heteroatoms. The number of hydrogen-bond donors (Lipinski definition) is 1. The van der Waals surface area contributed by atoms with Crippen molar-refractivity contribution in [3.63, 3.8) is 0 Å². The van der Waals surface area contributed by atoms with E-state index in [1.807, 2.05) is 0 Å². The lowest BCUT2D eigenvalue weighted by atomic mass is 9.77. The summed E-state index contributed by atoms with van der Waals surface area (Å²) in [6, 6.07) is 9.52. The summed E-state index contributed by atoms with van der Waals surface area (Å²) in [5, 5.41) is 3.70. The van der Waals surface area contributed by atoms with Crippen LogP contribution < -0.4 is 5.32 Å². The van der Waals surface area contributed by atoms with E-state index in [-0.39, 0.29) is 12.4 Å². The zero-order valence-corrected chi connectivity index (χ0v) is 12.0. The Morgan fingerprint density at radius 3 is 2.89 bits per heavy atom. The second-order valence-corrected chi connectivity index (χ2v) is 4.93. The van der Waals surface area contributed by atoms with Gasteiger partial charge in [0.1, 0.15) is 0 Å². The van der Waals surface area contributed by atoms with E-state index in [9.17, 15) is 0 Å². The normalized spacial score (nSPS) is 21.8.